The minimum atomic E-state index is 0.178. The Balaban J connectivity index is 2.42. The zero-order chi connectivity index (χ0) is 12.7. The average Bonchev–Trinajstić information content (AvgIpc) is 2.40. The first-order valence-electron chi connectivity index (χ1n) is 7.17. The summed E-state index contributed by atoms with van der Waals surface area (Å²) >= 11 is 0. The molecule has 0 unspecified atom stereocenters. The summed E-state index contributed by atoms with van der Waals surface area (Å²) in [5.74, 6) is 0.790. The van der Waals surface area contributed by atoms with Gasteiger partial charge in [0.15, 0.2) is 0 Å². The number of rotatable bonds is 7. The Labute approximate surface area is 106 Å². The van der Waals surface area contributed by atoms with E-state index >= 15 is 0 Å². The van der Waals surface area contributed by atoms with Crippen LogP contribution < -0.4 is 11.1 Å². The molecule has 1 fully saturated rings. The molecule has 0 spiro atoms. The van der Waals surface area contributed by atoms with Crippen molar-refractivity contribution < 1.29 is 4.74 Å². The molecule has 102 valence electrons. The lowest BCUT2D eigenvalue weighted by Gasteiger charge is -2.40. The van der Waals surface area contributed by atoms with Crippen molar-refractivity contribution in [1.29, 1.82) is 0 Å². The molecule has 3 nitrogen and oxygen atoms in total. The summed E-state index contributed by atoms with van der Waals surface area (Å²) in [6.07, 6.45) is 7.55. The van der Waals surface area contributed by atoms with Crippen LogP contribution in [0.25, 0.3) is 0 Å². The van der Waals surface area contributed by atoms with Crippen molar-refractivity contribution in [2.45, 2.75) is 64.0 Å². The van der Waals surface area contributed by atoms with Crippen LogP contribution in [0.2, 0.25) is 0 Å². The smallest absolute Gasteiger partial charge is 0.0572 e. The van der Waals surface area contributed by atoms with E-state index in [0.717, 1.165) is 44.7 Å². The highest BCUT2D eigenvalue weighted by atomic mass is 16.5. The van der Waals surface area contributed by atoms with Gasteiger partial charge in [0, 0.05) is 19.2 Å². The molecule has 0 radical (unpaired) electrons. The molecular formula is C14H30N2O. The first-order chi connectivity index (χ1) is 8.19. The molecule has 1 rings (SSSR count). The van der Waals surface area contributed by atoms with E-state index in [2.05, 4.69) is 19.2 Å². The predicted octanol–water partition coefficient (Wildman–Crippen LogP) is 2.30. The zero-order valence-corrected chi connectivity index (χ0v) is 11.8. The number of ether oxygens (including phenoxy) is 1. The molecule has 3 heteroatoms. The molecule has 1 aliphatic carbocycles. The minimum absolute atomic E-state index is 0.178. The Morgan fingerprint density at radius 3 is 2.29 bits per heavy atom. The van der Waals surface area contributed by atoms with E-state index in [0.29, 0.717) is 6.10 Å². The highest BCUT2D eigenvalue weighted by Gasteiger charge is 2.33. The van der Waals surface area contributed by atoms with Crippen molar-refractivity contribution in [3.8, 4) is 0 Å². The van der Waals surface area contributed by atoms with Gasteiger partial charge in [-0.25, -0.2) is 0 Å². The van der Waals surface area contributed by atoms with Crippen LogP contribution in [0.1, 0.15) is 52.4 Å². The summed E-state index contributed by atoms with van der Waals surface area (Å²) in [5.41, 5.74) is 6.17. The van der Waals surface area contributed by atoms with E-state index in [9.17, 15) is 0 Å². The largest absolute Gasteiger partial charge is 0.381 e. The number of hydrogen-bond acceptors (Lipinski definition) is 3. The van der Waals surface area contributed by atoms with Gasteiger partial charge in [-0.05, 0) is 38.1 Å². The molecule has 0 amide bonds. The Kier molecular flexibility index (Phi) is 6.45. The molecule has 0 aromatic rings. The van der Waals surface area contributed by atoms with Gasteiger partial charge in [0.1, 0.15) is 0 Å². The van der Waals surface area contributed by atoms with E-state index in [1.165, 1.54) is 12.8 Å². The van der Waals surface area contributed by atoms with Crippen molar-refractivity contribution in [3.63, 3.8) is 0 Å². The fraction of sp³-hybridized carbons (Fsp3) is 1.00. The molecule has 0 bridgehead atoms. The summed E-state index contributed by atoms with van der Waals surface area (Å²) in [4.78, 5) is 0. The highest BCUT2D eigenvalue weighted by Crippen LogP contribution is 2.29. The summed E-state index contributed by atoms with van der Waals surface area (Å²) in [7, 11) is 1.82. The maximum atomic E-state index is 5.99. The third kappa shape index (κ3) is 4.23. The van der Waals surface area contributed by atoms with E-state index in [4.69, 9.17) is 10.5 Å². The Morgan fingerprint density at radius 1 is 1.29 bits per heavy atom. The second-order valence-corrected chi connectivity index (χ2v) is 5.48. The summed E-state index contributed by atoms with van der Waals surface area (Å²) in [6, 6.07) is 0. The SMILES string of the molecule is CCC(CC)CNC1(CN)CCC(OC)CC1. The van der Waals surface area contributed by atoms with Crippen LogP contribution in [0.3, 0.4) is 0 Å². The topological polar surface area (TPSA) is 47.3 Å². The standard InChI is InChI=1S/C14H30N2O/c1-4-12(5-2)10-16-14(11-15)8-6-13(17-3)7-9-14/h12-13,16H,4-11,15H2,1-3H3. The molecule has 0 saturated heterocycles. The summed E-state index contributed by atoms with van der Waals surface area (Å²) < 4.78 is 5.43. The van der Waals surface area contributed by atoms with Gasteiger partial charge in [0.2, 0.25) is 0 Å². The molecule has 0 heterocycles. The van der Waals surface area contributed by atoms with Crippen LogP contribution in [0, 0.1) is 5.92 Å². The van der Waals surface area contributed by atoms with Gasteiger partial charge in [-0.3, -0.25) is 0 Å². The maximum Gasteiger partial charge on any atom is 0.0572 e. The fourth-order valence-corrected chi connectivity index (χ4v) is 2.77. The van der Waals surface area contributed by atoms with Crippen molar-refractivity contribution in [2.75, 3.05) is 20.2 Å². The van der Waals surface area contributed by atoms with Gasteiger partial charge in [-0.2, -0.15) is 0 Å². The highest BCUT2D eigenvalue weighted by molar-refractivity contribution is 4.94. The molecule has 0 aromatic heterocycles. The third-order valence-electron chi connectivity index (χ3n) is 4.53. The van der Waals surface area contributed by atoms with Crippen LogP contribution in [-0.4, -0.2) is 31.8 Å². The van der Waals surface area contributed by atoms with Crippen molar-refractivity contribution in [3.05, 3.63) is 0 Å². The maximum absolute atomic E-state index is 5.99. The minimum Gasteiger partial charge on any atom is -0.381 e. The lowest BCUT2D eigenvalue weighted by molar-refractivity contribution is 0.0421. The van der Waals surface area contributed by atoms with Crippen molar-refractivity contribution >= 4 is 0 Å². The fourth-order valence-electron chi connectivity index (χ4n) is 2.77. The average molecular weight is 242 g/mol. The molecule has 0 aliphatic heterocycles. The monoisotopic (exact) mass is 242 g/mol. The lowest BCUT2D eigenvalue weighted by Crippen LogP contribution is -2.55. The summed E-state index contributed by atoms with van der Waals surface area (Å²) in [5, 5.41) is 3.75. The lowest BCUT2D eigenvalue weighted by atomic mass is 9.80. The van der Waals surface area contributed by atoms with Crippen LogP contribution >= 0.6 is 0 Å². The van der Waals surface area contributed by atoms with Gasteiger partial charge >= 0.3 is 0 Å². The van der Waals surface area contributed by atoms with Crippen LogP contribution in [-0.2, 0) is 4.74 Å². The van der Waals surface area contributed by atoms with Crippen molar-refractivity contribution in [1.82, 2.24) is 5.32 Å². The molecule has 0 atom stereocenters. The number of nitrogens with two attached hydrogens (primary N) is 1. The third-order valence-corrected chi connectivity index (χ3v) is 4.53. The first-order valence-corrected chi connectivity index (χ1v) is 7.17. The Morgan fingerprint density at radius 2 is 1.88 bits per heavy atom. The second-order valence-electron chi connectivity index (χ2n) is 5.48. The van der Waals surface area contributed by atoms with Gasteiger partial charge in [-0.15, -0.1) is 0 Å². The van der Waals surface area contributed by atoms with E-state index in [1.54, 1.807) is 0 Å². The number of methoxy groups -OCH3 is 1. The van der Waals surface area contributed by atoms with Gasteiger partial charge < -0.3 is 15.8 Å². The van der Waals surface area contributed by atoms with E-state index in [1.807, 2.05) is 7.11 Å². The van der Waals surface area contributed by atoms with Gasteiger partial charge in [-0.1, -0.05) is 26.7 Å². The van der Waals surface area contributed by atoms with Crippen LogP contribution in [0.5, 0.6) is 0 Å². The molecule has 1 aliphatic rings. The Bertz CT molecular complexity index is 196. The Hall–Kier alpha value is -0.120. The first kappa shape index (κ1) is 14.9. The summed E-state index contributed by atoms with van der Waals surface area (Å²) in [6.45, 7) is 6.41. The van der Waals surface area contributed by atoms with Crippen LogP contribution in [0.15, 0.2) is 0 Å². The van der Waals surface area contributed by atoms with Gasteiger partial charge in [0.05, 0.1) is 6.10 Å². The van der Waals surface area contributed by atoms with Gasteiger partial charge in [0.25, 0.3) is 0 Å². The quantitative estimate of drug-likeness (QED) is 0.720. The number of nitrogens with one attached hydrogen (secondary N) is 1. The molecule has 1 saturated carbocycles. The molecule has 0 aromatic carbocycles. The van der Waals surface area contributed by atoms with Crippen LogP contribution in [0.4, 0.5) is 0 Å². The molecular weight excluding hydrogens is 212 g/mol. The predicted molar refractivity (Wildman–Crippen MR) is 73.1 cm³/mol. The molecule has 3 N–H and O–H groups in total. The van der Waals surface area contributed by atoms with E-state index in [-0.39, 0.29) is 5.54 Å². The normalized spacial score (nSPS) is 29.8. The second kappa shape index (κ2) is 7.34. The van der Waals surface area contributed by atoms with Crippen molar-refractivity contribution in [2.24, 2.45) is 11.7 Å². The zero-order valence-electron chi connectivity index (χ0n) is 11.8. The molecule has 17 heavy (non-hydrogen) atoms. The number of hydrogen-bond donors (Lipinski definition) is 2. The van der Waals surface area contributed by atoms with E-state index < -0.39 is 0 Å².